The number of anilines is 1. The van der Waals surface area contributed by atoms with E-state index in [0.717, 1.165) is 18.9 Å². The number of nitrogens with zero attached hydrogens (tertiary/aromatic N) is 5. The summed E-state index contributed by atoms with van der Waals surface area (Å²) in [6, 6.07) is 18.2. The lowest BCUT2D eigenvalue weighted by Crippen LogP contribution is -2.53. The average molecular weight is 559 g/mol. The molecule has 1 saturated carbocycles. The van der Waals surface area contributed by atoms with Crippen LogP contribution in [-0.2, 0) is 4.79 Å². The Labute approximate surface area is 234 Å². The van der Waals surface area contributed by atoms with Crippen molar-refractivity contribution in [3.8, 4) is 16.9 Å². The molecule has 1 saturated heterocycles. The third-order valence-corrected chi connectivity index (χ3v) is 7.26. The van der Waals surface area contributed by atoms with Gasteiger partial charge in [0.25, 0.3) is 11.8 Å². The lowest BCUT2D eigenvalue weighted by Gasteiger charge is -2.34. The van der Waals surface area contributed by atoms with Crippen LogP contribution in [0, 0.1) is 5.82 Å². The number of para-hydroxylation sites is 1. The van der Waals surface area contributed by atoms with Crippen LogP contribution in [0.15, 0.2) is 72.9 Å². The van der Waals surface area contributed by atoms with Crippen molar-refractivity contribution < 1.29 is 18.8 Å². The maximum Gasteiger partial charge on any atom is 0.274 e. The molecule has 0 atom stereocenters. The highest BCUT2D eigenvalue weighted by Crippen LogP contribution is 2.30. The molecule has 9 nitrogen and oxygen atoms in total. The highest BCUT2D eigenvalue weighted by Gasteiger charge is 2.37. The molecule has 0 unspecified atom stereocenters. The zero-order valence-electron chi connectivity index (χ0n) is 21.3. The van der Waals surface area contributed by atoms with Gasteiger partial charge in [0, 0.05) is 37.0 Å². The smallest absolute Gasteiger partial charge is 0.274 e. The van der Waals surface area contributed by atoms with Crippen LogP contribution < -0.4 is 5.32 Å². The average Bonchev–Trinajstić information content (AvgIpc) is 3.72. The van der Waals surface area contributed by atoms with Crippen LogP contribution in [0.1, 0.15) is 33.7 Å². The quantitative estimate of drug-likeness (QED) is 0.377. The van der Waals surface area contributed by atoms with Gasteiger partial charge in [-0.25, -0.2) is 9.07 Å². The Morgan fingerprint density at radius 3 is 2.48 bits per heavy atom. The molecule has 0 spiro atoms. The van der Waals surface area contributed by atoms with Gasteiger partial charge in [0.15, 0.2) is 5.69 Å². The molecule has 1 aliphatic heterocycles. The molecule has 202 valence electrons. The van der Waals surface area contributed by atoms with Crippen LogP contribution >= 0.6 is 11.6 Å². The van der Waals surface area contributed by atoms with Crippen molar-refractivity contribution in [1.29, 1.82) is 0 Å². The predicted octanol–water partition coefficient (Wildman–Crippen LogP) is 4.43. The van der Waals surface area contributed by atoms with E-state index in [9.17, 15) is 18.8 Å². The summed E-state index contributed by atoms with van der Waals surface area (Å²) in [6.45, 7) is 0.874. The van der Waals surface area contributed by atoms with Gasteiger partial charge < -0.3 is 15.1 Å². The number of rotatable bonds is 6. The standard InChI is InChI=1S/C29H24ClFN6O3/c30-22-15-23(31)21(24-8-4-5-11-32-24)14-20(22)28(39)33-26-16-25(34-37(26)19-6-2-1-3-7-19)29(40)35-12-13-36(18-9-10-18)27(38)17-35/h1-8,11,14-16,18H,9-10,12-13,17H2,(H,33,39). The molecule has 6 rings (SSSR count). The molecule has 0 bridgehead atoms. The highest BCUT2D eigenvalue weighted by molar-refractivity contribution is 6.34. The molecule has 4 aromatic rings. The van der Waals surface area contributed by atoms with E-state index in [1.807, 2.05) is 11.0 Å². The summed E-state index contributed by atoms with van der Waals surface area (Å²) < 4.78 is 16.2. The minimum absolute atomic E-state index is 0.0172. The number of carbonyl (C=O) groups excluding carboxylic acids is 3. The van der Waals surface area contributed by atoms with Crippen LogP contribution in [0.4, 0.5) is 10.2 Å². The van der Waals surface area contributed by atoms with Gasteiger partial charge in [-0.3, -0.25) is 19.4 Å². The lowest BCUT2D eigenvalue weighted by atomic mass is 10.1. The van der Waals surface area contributed by atoms with Gasteiger partial charge in [-0.2, -0.15) is 5.10 Å². The van der Waals surface area contributed by atoms with E-state index in [-0.39, 0.29) is 40.1 Å². The van der Waals surface area contributed by atoms with Crippen LogP contribution in [-0.4, -0.2) is 68.0 Å². The van der Waals surface area contributed by atoms with Gasteiger partial charge in [-0.1, -0.05) is 35.9 Å². The van der Waals surface area contributed by atoms with E-state index < -0.39 is 17.6 Å². The van der Waals surface area contributed by atoms with Gasteiger partial charge in [0.2, 0.25) is 5.91 Å². The Hall–Kier alpha value is -4.57. The van der Waals surface area contributed by atoms with Gasteiger partial charge >= 0.3 is 0 Å². The Bertz CT molecular complexity index is 1610. The van der Waals surface area contributed by atoms with E-state index in [0.29, 0.717) is 30.5 Å². The Kier molecular flexibility index (Phi) is 6.77. The van der Waals surface area contributed by atoms with E-state index in [1.54, 1.807) is 42.5 Å². The molecule has 1 aliphatic carbocycles. The van der Waals surface area contributed by atoms with Crippen LogP contribution in [0.5, 0.6) is 0 Å². The van der Waals surface area contributed by atoms with Crippen molar-refractivity contribution in [1.82, 2.24) is 24.6 Å². The fourth-order valence-corrected chi connectivity index (χ4v) is 5.00. The first kappa shape index (κ1) is 25.7. The number of hydrogen-bond donors (Lipinski definition) is 1. The number of nitrogens with one attached hydrogen (secondary N) is 1. The first-order valence-electron chi connectivity index (χ1n) is 12.8. The summed E-state index contributed by atoms with van der Waals surface area (Å²) in [5, 5.41) is 7.17. The second kappa shape index (κ2) is 10.5. The monoisotopic (exact) mass is 558 g/mol. The molecule has 3 heterocycles. The van der Waals surface area contributed by atoms with E-state index in [1.165, 1.54) is 27.9 Å². The zero-order valence-corrected chi connectivity index (χ0v) is 22.0. The largest absolute Gasteiger partial charge is 0.336 e. The maximum absolute atomic E-state index is 14.7. The molecule has 3 amide bonds. The molecule has 2 aliphatic rings. The minimum Gasteiger partial charge on any atom is -0.336 e. The number of aromatic nitrogens is 3. The molecule has 40 heavy (non-hydrogen) atoms. The van der Waals surface area contributed by atoms with Gasteiger partial charge in [0.1, 0.15) is 18.2 Å². The van der Waals surface area contributed by atoms with Crippen molar-refractivity contribution in [3.63, 3.8) is 0 Å². The Balaban J connectivity index is 1.30. The summed E-state index contributed by atoms with van der Waals surface area (Å²) in [5.74, 6) is -1.51. The maximum atomic E-state index is 14.7. The van der Waals surface area contributed by atoms with Gasteiger partial charge in [0.05, 0.1) is 22.0 Å². The molecule has 11 heteroatoms. The fourth-order valence-electron chi connectivity index (χ4n) is 4.76. The summed E-state index contributed by atoms with van der Waals surface area (Å²) in [6.07, 6.45) is 3.54. The topological polar surface area (TPSA) is 100 Å². The minimum atomic E-state index is -0.619. The number of piperazine rings is 1. The number of benzene rings is 2. The zero-order chi connectivity index (χ0) is 27.8. The molecule has 2 fully saturated rings. The summed E-state index contributed by atoms with van der Waals surface area (Å²) in [5.41, 5.74) is 1.18. The van der Waals surface area contributed by atoms with Crippen molar-refractivity contribution in [2.45, 2.75) is 18.9 Å². The molecule has 0 radical (unpaired) electrons. The number of halogens is 2. The van der Waals surface area contributed by atoms with Gasteiger partial charge in [-0.15, -0.1) is 0 Å². The second-order valence-electron chi connectivity index (χ2n) is 9.69. The first-order chi connectivity index (χ1) is 19.4. The van der Waals surface area contributed by atoms with E-state index >= 15 is 0 Å². The van der Waals surface area contributed by atoms with Crippen molar-refractivity contribution in [2.24, 2.45) is 0 Å². The van der Waals surface area contributed by atoms with Crippen molar-refractivity contribution in [3.05, 3.63) is 95.0 Å². The highest BCUT2D eigenvalue weighted by atomic mass is 35.5. The summed E-state index contributed by atoms with van der Waals surface area (Å²) in [7, 11) is 0. The Morgan fingerprint density at radius 1 is 1.00 bits per heavy atom. The SMILES string of the molecule is O=C(Nc1cc(C(=O)N2CCN(C3CC3)C(=O)C2)nn1-c1ccccc1)c1cc(-c2ccccn2)c(F)cc1Cl. The normalized spacial score (nSPS) is 15.3. The molecule has 2 aromatic heterocycles. The molecular formula is C29H24ClFN6O3. The summed E-state index contributed by atoms with van der Waals surface area (Å²) >= 11 is 6.28. The number of amides is 3. The Morgan fingerprint density at radius 2 is 1.77 bits per heavy atom. The molecular weight excluding hydrogens is 535 g/mol. The van der Waals surface area contributed by atoms with Crippen LogP contribution in [0.25, 0.3) is 16.9 Å². The molecule has 1 N–H and O–H groups in total. The molecule has 2 aromatic carbocycles. The van der Waals surface area contributed by atoms with Crippen LogP contribution in [0.2, 0.25) is 5.02 Å². The summed E-state index contributed by atoms with van der Waals surface area (Å²) in [4.78, 5) is 46.9. The first-order valence-corrected chi connectivity index (χ1v) is 13.2. The lowest BCUT2D eigenvalue weighted by molar-refractivity contribution is -0.135. The van der Waals surface area contributed by atoms with Crippen molar-refractivity contribution >= 4 is 35.1 Å². The third-order valence-electron chi connectivity index (χ3n) is 6.95. The predicted molar refractivity (Wildman–Crippen MR) is 147 cm³/mol. The number of pyridine rings is 1. The van der Waals surface area contributed by atoms with E-state index in [2.05, 4.69) is 15.4 Å². The number of carbonyl (C=O) groups is 3. The second-order valence-corrected chi connectivity index (χ2v) is 10.1. The van der Waals surface area contributed by atoms with Crippen LogP contribution in [0.3, 0.4) is 0 Å². The third kappa shape index (κ3) is 5.05. The number of hydrogen-bond acceptors (Lipinski definition) is 5. The van der Waals surface area contributed by atoms with Crippen molar-refractivity contribution in [2.75, 3.05) is 25.0 Å². The van der Waals surface area contributed by atoms with Gasteiger partial charge in [-0.05, 0) is 49.2 Å². The fraction of sp³-hybridized carbons (Fsp3) is 0.207. The van der Waals surface area contributed by atoms with E-state index in [4.69, 9.17) is 11.6 Å².